The van der Waals surface area contributed by atoms with Gasteiger partial charge in [0.25, 0.3) is 0 Å². The summed E-state index contributed by atoms with van der Waals surface area (Å²) in [4.78, 5) is 11.2. The number of halogens is 1. The standard InChI is InChI=1S/C12H17FN2O4S/c1-8(12(16)15-5-6-19-2)20(17,18)11-4-3-9(14)7-10(11)13/h3-4,7-8H,5-6,14H2,1-2H3,(H,15,16). The maximum atomic E-state index is 13.7. The van der Waals surface area contributed by atoms with E-state index in [0.717, 1.165) is 12.1 Å². The van der Waals surface area contributed by atoms with Crippen molar-refractivity contribution in [1.29, 1.82) is 0 Å². The van der Waals surface area contributed by atoms with E-state index in [2.05, 4.69) is 5.32 Å². The third-order valence-electron chi connectivity index (χ3n) is 2.70. The average Bonchev–Trinajstić information content (AvgIpc) is 2.37. The highest BCUT2D eigenvalue weighted by molar-refractivity contribution is 7.92. The van der Waals surface area contributed by atoms with E-state index in [-0.39, 0.29) is 18.8 Å². The molecule has 8 heteroatoms. The monoisotopic (exact) mass is 304 g/mol. The van der Waals surface area contributed by atoms with Crippen LogP contribution in [0.15, 0.2) is 23.1 Å². The predicted octanol–water partition coefficient (Wildman–Crippen LogP) is 0.333. The number of benzene rings is 1. The Bertz CT molecular complexity index is 589. The summed E-state index contributed by atoms with van der Waals surface area (Å²) in [6, 6.07) is 3.23. The number of carbonyl (C=O) groups is 1. The Morgan fingerprint density at radius 2 is 2.15 bits per heavy atom. The van der Waals surface area contributed by atoms with Crippen molar-refractivity contribution in [2.45, 2.75) is 17.1 Å². The molecule has 1 amide bonds. The van der Waals surface area contributed by atoms with Gasteiger partial charge < -0.3 is 15.8 Å². The molecule has 0 aliphatic rings. The van der Waals surface area contributed by atoms with Crippen LogP contribution in [0.25, 0.3) is 0 Å². The van der Waals surface area contributed by atoms with Crippen LogP contribution >= 0.6 is 0 Å². The number of hydrogen-bond acceptors (Lipinski definition) is 5. The first-order chi connectivity index (χ1) is 9.30. The molecule has 0 aliphatic carbocycles. The molecular formula is C12H17FN2O4S. The van der Waals surface area contributed by atoms with Gasteiger partial charge in [-0.15, -0.1) is 0 Å². The predicted molar refractivity (Wildman–Crippen MR) is 72.3 cm³/mol. The number of nitrogen functional groups attached to an aromatic ring is 1. The minimum absolute atomic E-state index is 0.110. The number of methoxy groups -OCH3 is 1. The van der Waals surface area contributed by atoms with Crippen molar-refractivity contribution >= 4 is 21.4 Å². The summed E-state index contributed by atoms with van der Waals surface area (Å²) in [5.41, 5.74) is 5.47. The highest BCUT2D eigenvalue weighted by Crippen LogP contribution is 2.21. The third-order valence-corrected chi connectivity index (χ3v) is 4.79. The minimum Gasteiger partial charge on any atom is -0.399 e. The number of anilines is 1. The lowest BCUT2D eigenvalue weighted by Crippen LogP contribution is -2.39. The molecular weight excluding hydrogens is 287 g/mol. The van der Waals surface area contributed by atoms with Crippen molar-refractivity contribution in [3.05, 3.63) is 24.0 Å². The lowest BCUT2D eigenvalue weighted by Gasteiger charge is -2.14. The van der Waals surface area contributed by atoms with Crippen molar-refractivity contribution in [2.24, 2.45) is 0 Å². The normalized spacial score (nSPS) is 12.9. The van der Waals surface area contributed by atoms with E-state index in [1.54, 1.807) is 0 Å². The van der Waals surface area contributed by atoms with Crippen molar-refractivity contribution < 1.29 is 22.3 Å². The molecule has 1 atom stereocenters. The van der Waals surface area contributed by atoms with Gasteiger partial charge in [-0.1, -0.05) is 0 Å². The number of hydrogen-bond donors (Lipinski definition) is 2. The molecule has 0 radical (unpaired) electrons. The highest BCUT2D eigenvalue weighted by Gasteiger charge is 2.31. The van der Waals surface area contributed by atoms with E-state index in [1.807, 2.05) is 0 Å². The fourth-order valence-electron chi connectivity index (χ4n) is 1.50. The first kappa shape index (κ1) is 16.4. The van der Waals surface area contributed by atoms with Gasteiger partial charge in [0, 0.05) is 19.3 Å². The van der Waals surface area contributed by atoms with Gasteiger partial charge in [-0.25, -0.2) is 12.8 Å². The van der Waals surface area contributed by atoms with Gasteiger partial charge in [-0.05, 0) is 25.1 Å². The molecule has 1 unspecified atom stereocenters. The van der Waals surface area contributed by atoms with Gasteiger partial charge in [0.1, 0.15) is 16.0 Å². The maximum Gasteiger partial charge on any atom is 0.238 e. The quantitative estimate of drug-likeness (QED) is 0.583. The topological polar surface area (TPSA) is 98.5 Å². The highest BCUT2D eigenvalue weighted by atomic mass is 32.2. The molecule has 20 heavy (non-hydrogen) atoms. The second-order valence-corrected chi connectivity index (χ2v) is 6.40. The van der Waals surface area contributed by atoms with Crippen molar-refractivity contribution in [1.82, 2.24) is 5.32 Å². The Morgan fingerprint density at radius 3 is 2.70 bits per heavy atom. The van der Waals surface area contributed by atoms with Gasteiger partial charge in [0.05, 0.1) is 6.61 Å². The average molecular weight is 304 g/mol. The van der Waals surface area contributed by atoms with Crippen LogP contribution in [0.1, 0.15) is 6.92 Å². The zero-order chi connectivity index (χ0) is 15.3. The van der Waals surface area contributed by atoms with Crippen LogP contribution < -0.4 is 11.1 Å². The van der Waals surface area contributed by atoms with Crippen molar-refractivity contribution in [3.63, 3.8) is 0 Å². The lowest BCUT2D eigenvalue weighted by molar-refractivity contribution is -0.120. The smallest absolute Gasteiger partial charge is 0.238 e. The molecule has 0 saturated carbocycles. The molecule has 0 heterocycles. The van der Waals surface area contributed by atoms with E-state index in [1.165, 1.54) is 20.1 Å². The maximum absolute atomic E-state index is 13.7. The van der Waals surface area contributed by atoms with E-state index in [9.17, 15) is 17.6 Å². The molecule has 1 aromatic rings. The second-order valence-electron chi connectivity index (χ2n) is 4.16. The van der Waals surface area contributed by atoms with Gasteiger partial charge in [0.15, 0.2) is 9.84 Å². The van der Waals surface area contributed by atoms with Crippen LogP contribution in [0.5, 0.6) is 0 Å². The molecule has 0 fully saturated rings. The Hall–Kier alpha value is -1.67. The van der Waals surface area contributed by atoms with Crippen LogP contribution in [0, 0.1) is 5.82 Å². The minimum atomic E-state index is -4.11. The largest absolute Gasteiger partial charge is 0.399 e. The van der Waals surface area contributed by atoms with E-state index in [4.69, 9.17) is 10.5 Å². The van der Waals surface area contributed by atoms with Gasteiger partial charge in [-0.2, -0.15) is 0 Å². The van der Waals surface area contributed by atoms with Crippen LogP contribution in [0.2, 0.25) is 0 Å². The Labute approximate surface area is 117 Å². The summed E-state index contributed by atoms with van der Waals surface area (Å²) in [7, 11) is -2.65. The summed E-state index contributed by atoms with van der Waals surface area (Å²) in [5, 5.41) is 0.995. The molecule has 1 rings (SSSR count). The fraction of sp³-hybridized carbons (Fsp3) is 0.417. The van der Waals surface area contributed by atoms with Crippen LogP contribution in [0.3, 0.4) is 0 Å². The summed E-state index contributed by atoms with van der Waals surface area (Å²) < 4.78 is 42.7. The fourth-order valence-corrected chi connectivity index (χ4v) is 2.83. The number of sulfone groups is 1. The van der Waals surface area contributed by atoms with E-state index >= 15 is 0 Å². The molecule has 3 N–H and O–H groups in total. The SMILES string of the molecule is COCCNC(=O)C(C)S(=O)(=O)c1ccc(N)cc1F. The molecule has 0 aliphatic heterocycles. The summed E-state index contributed by atoms with van der Waals surface area (Å²) in [6.07, 6.45) is 0. The first-order valence-corrected chi connectivity index (χ1v) is 7.41. The number of carbonyl (C=O) groups excluding carboxylic acids is 1. The number of nitrogens with one attached hydrogen (secondary N) is 1. The van der Waals surface area contributed by atoms with Crippen LogP contribution in [-0.2, 0) is 19.4 Å². The molecule has 0 aromatic heterocycles. The number of rotatable bonds is 6. The lowest BCUT2D eigenvalue weighted by atomic mass is 10.3. The van der Waals surface area contributed by atoms with Crippen LogP contribution in [-0.4, -0.2) is 39.8 Å². The van der Waals surface area contributed by atoms with Crippen molar-refractivity contribution in [2.75, 3.05) is 26.0 Å². The number of nitrogens with two attached hydrogens (primary N) is 1. The number of amides is 1. The van der Waals surface area contributed by atoms with Crippen LogP contribution in [0.4, 0.5) is 10.1 Å². The second kappa shape index (κ2) is 6.67. The van der Waals surface area contributed by atoms with Crippen molar-refractivity contribution in [3.8, 4) is 0 Å². The molecule has 0 bridgehead atoms. The third kappa shape index (κ3) is 3.67. The molecule has 112 valence electrons. The van der Waals surface area contributed by atoms with Gasteiger partial charge in [-0.3, -0.25) is 4.79 Å². The first-order valence-electron chi connectivity index (χ1n) is 5.86. The zero-order valence-corrected chi connectivity index (χ0v) is 12.0. The van der Waals surface area contributed by atoms with Gasteiger partial charge >= 0.3 is 0 Å². The molecule has 0 spiro atoms. The van der Waals surface area contributed by atoms with E-state index in [0.29, 0.717) is 0 Å². The molecule has 1 aromatic carbocycles. The van der Waals surface area contributed by atoms with E-state index < -0.39 is 31.7 Å². The number of ether oxygens (including phenoxy) is 1. The summed E-state index contributed by atoms with van der Waals surface area (Å²) in [6.45, 7) is 1.64. The zero-order valence-electron chi connectivity index (χ0n) is 11.2. The summed E-state index contributed by atoms with van der Waals surface area (Å²) in [5.74, 6) is -1.68. The Kier molecular flexibility index (Phi) is 5.46. The molecule has 0 saturated heterocycles. The Morgan fingerprint density at radius 1 is 1.50 bits per heavy atom. The molecule has 6 nitrogen and oxygen atoms in total. The summed E-state index contributed by atoms with van der Waals surface area (Å²) >= 11 is 0. The Balaban J connectivity index is 2.95. The van der Waals surface area contributed by atoms with Gasteiger partial charge in [0.2, 0.25) is 5.91 Å².